The maximum absolute atomic E-state index is 11.0. The summed E-state index contributed by atoms with van der Waals surface area (Å²) in [5.74, 6) is -0.210. The lowest BCUT2D eigenvalue weighted by molar-refractivity contribution is -0.146. The van der Waals surface area contributed by atoms with E-state index in [0.717, 1.165) is 12.8 Å². The van der Waals surface area contributed by atoms with Crippen molar-refractivity contribution in [1.29, 1.82) is 0 Å². The highest BCUT2D eigenvalue weighted by Crippen LogP contribution is 2.26. The number of carbonyl (C=O) groups excluding carboxylic acids is 1. The Kier molecular flexibility index (Phi) is 1.95. The standard InChI is InChI=1S/C7H12O2S/c1-7(2,10)6(8)9-5-3-4-5/h5,10H,3-4H2,1-2H3. The summed E-state index contributed by atoms with van der Waals surface area (Å²) in [6, 6.07) is 0. The molecule has 0 aliphatic heterocycles. The molecule has 2 nitrogen and oxygen atoms in total. The Morgan fingerprint density at radius 3 is 2.40 bits per heavy atom. The summed E-state index contributed by atoms with van der Waals surface area (Å²) in [6.45, 7) is 3.47. The topological polar surface area (TPSA) is 26.3 Å². The molecule has 0 unspecified atom stereocenters. The van der Waals surface area contributed by atoms with Gasteiger partial charge in [-0.1, -0.05) is 0 Å². The highest BCUT2D eigenvalue weighted by Gasteiger charge is 2.32. The predicted octanol–water partition coefficient (Wildman–Crippen LogP) is 1.40. The van der Waals surface area contributed by atoms with Crippen molar-refractivity contribution >= 4 is 18.6 Å². The molecule has 10 heavy (non-hydrogen) atoms. The van der Waals surface area contributed by atoms with Crippen LogP contribution < -0.4 is 0 Å². The Balaban J connectivity index is 2.32. The van der Waals surface area contributed by atoms with E-state index in [1.165, 1.54) is 0 Å². The molecule has 1 saturated carbocycles. The minimum absolute atomic E-state index is 0.193. The van der Waals surface area contributed by atoms with Gasteiger partial charge in [0.2, 0.25) is 0 Å². The monoisotopic (exact) mass is 160 g/mol. The van der Waals surface area contributed by atoms with Gasteiger partial charge in [-0.2, -0.15) is 12.6 Å². The second-order valence-electron chi connectivity index (χ2n) is 3.16. The van der Waals surface area contributed by atoms with Crippen molar-refractivity contribution in [2.45, 2.75) is 37.5 Å². The summed E-state index contributed by atoms with van der Waals surface area (Å²) in [5.41, 5.74) is 0. The molecule has 0 aromatic rings. The number of hydrogen-bond donors (Lipinski definition) is 1. The lowest BCUT2D eigenvalue weighted by Gasteiger charge is -2.14. The van der Waals surface area contributed by atoms with E-state index in [2.05, 4.69) is 12.6 Å². The Morgan fingerprint density at radius 2 is 2.10 bits per heavy atom. The van der Waals surface area contributed by atoms with Gasteiger partial charge in [0.1, 0.15) is 10.9 Å². The first kappa shape index (κ1) is 7.92. The van der Waals surface area contributed by atoms with Gasteiger partial charge in [0.15, 0.2) is 0 Å². The molecule has 0 aromatic carbocycles. The smallest absolute Gasteiger partial charge is 0.321 e. The number of hydrogen-bond acceptors (Lipinski definition) is 3. The van der Waals surface area contributed by atoms with Crippen molar-refractivity contribution in [3.63, 3.8) is 0 Å². The maximum atomic E-state index is 11.0. The van der Waals surface area contributed by atoms with Crippen molar-refractivity contribution in [2.75, 3.05) is 0 Å². The Hall–Kier alpha value is -0.180. The third kappa shape index (κ3) is 2.21. The summed E-state index contributed by atoms with van der Waals surface area (Å²) >= 11 is 4.08. The largest absolute Gasteiger partial charge is 0.461 e. The molecule has 0 N–H and O–H groups in total. The SMILES string of the molecule is CC(C)(S)C(=O)OC1CC1. The van der Waals surface area contributed by atoms with Crippen molar-refractivity contribution in [2.24, 2.45) is 0 Å². The molecular weight excluding hydrogens is 148 g/mol. The average molecular weight is 160 g/mol. The number of esters is 1. The Morgan fingerprint density at radius 1 is 1.60 bits per heavy atom. The van der Waals surface area contributed by atoms with E-state index in [1.807, 2.05) is 0 Å². The van der Waals surface area contributed by atoms with Crippen molar-refractivity contribution < 1.29 is 9.53 Å². The molecule has 58 valence electrons. The van der Waals surface area contributed by atoms with E-state index in [1.54, 1.807) is 13.8 Å². The quantitative estimate of drug-likeness (QED) is 0.488. The van der Waals surface area contributed by atoms with Crippen LogP contribution in [-0.2, 0) is 9.53 Å². The average Bonchev–Trinajstić information content (AvgIpc) is 2.47. The van der Waals surface area contributed by atoms with Gasteiger partial charge in [-0.3, -0.25) is 4.79 Å². The molecular formula is C7H12O2S. The zero-order valence-electron chi connectivity index (χ0n) is 6.26. The van der Waals surface area contributed by atoms with Gasteiger partial charge in [0.05, 0.1) is 0 Å². The van der Waals surface area contributed by atoms with Gasteiger partial charge < -0.3 is 4.74 Å². The zero-order chi connectivity index (χ0) is 7.78. The molecule has 0 spiro atoms. The maximum Gasteiger partial charge on any atom is 0.321 e. The van der Waals surface area contributed by atoms with Crippen LogP contribution in [-0.4, -0.2) is 16.8 Å². The summed E-state index contributed by atoms with van der Waals surface area (Å²) in [7, 11) is 0. The summed E-state index contributed by atoms with van der Waals surface area (Å²) < 4.78 is 4.37. The molecule has 1 fully saturated rings. The van der Waals surface area contributed by atoms with Gasteiger partial charge in [-0.25, -0.2) is 0 Å². The normalized spacial score (nSPS) is 18.7. The molecule has 1 aliphatic carbocycles. The first-order valence-electron chi connectivity index (χ1n) is 3.43. The van der Waals surface area contributed by atoms with E-state index < -0.39 is 4.75 Å². The van der Waals surface area contributed by atoms with E-state index in [-0.39, 0.29) is 12.1 Å². The zero-order valence-corrected chi connectivity index (χ0v) is 7.15. The molecule has 0 aromatic heterocycles. The lowest BCUT2D eigenvalue weighted by atomic mass is 10.2. The molecule has 0 bridgehead atoms. The van der Waals surface area contributed by atoms with Gasteiger partial charge in [-0.15, -0.1) is 0 Å². The van der Waals surface area contributed by atoms with E-state index in [4.69, 9.17) is 4.74 Å². The van der Waals surface area contributed by atoms with Gasteiger partial charge in [-0.05, 0) is 26.7 Å². The predicted molar refractivity (Wildman–Crippen MR) is 42.2 cm³/mol. The number of thiol groups is 1. The highest BCUT2D eigenvalue weighted by molar-refractivity contribution is 7.82. The van der Waals surface area contributed by atoms with Gasteiger partial charge in [0, 0.05) is 0 Å². The van der Waals surface area contributed by atoms with Crippen LogP contribution in [0, 0.1) is 0 Å². The molecule has 1 rings (SSSR count). The van der Waals surface area contributed by atoms with Gasteiger partial charge >= 0.3 is 5.97 Å². The highest BCUT2D eigenvalue weighted by atomic mass is 32.1. The molecule has 0 heterocycles. The molecule has 3 heteroatoms. The van der Waals surface area contributed by atoms with Crippen LogP contribution in [0.4, 0.5) is 0 Å². The van der Waals surface area contributed by atoms with E-state index in [9.17, 15) is 4.79 Å². The van der Waals surface area contributed by atoms with Crippen molar-refractivity contribution in [3.8, 4) is 0 Å². The molecule has 0 atom stereocenters. The van der Waals surface area contributed by atoms with Crippen molar-refractivity contribution in [1.82, 2.24) is 0 Å². The number of rotatable bonds is 2. The summed E-state index contributed by atoms with van der Waals surface area (Å²) in [5, 5.41) is 0. The second-order valence-corrected chi connectivity index (χ2v) is 4.28. The Labute approximate surface area is 66.4 Å². The summed E-state index contributed by atoms with van der Waals surface area (Å²) in [4.78, 5) is 11.0. The lowest BCUT2D eigenvalue weighted by Crippen LogP contribution is -2.27. The van der Waals surface area contributed by atoms with Crippen LogP contribution in [0.2, 0.25) is 0 Å². The van der Waals surface area contributed by atoms with Crippen LogP contribution in [0.5, 0.6) is 0 Å². The molecule has 0 amide bonds. The van der Waals surface area contributed by atoms with Gasteiger partial charge in [0.25, 0.3) is 0 Å². The fourth-order valence-electron chi connectivity index (χ4n) is 0.481. The van der Waals surface area contributed by atoms with Crippen LogP contribution in [0.1, 0.15) is 26.7 Å². The third-order valence-corrected chi connectivity index (χ3v) is 1.48. The Bertz CT molecular complexity index is 144. The number of carbonyl (C=O) groups is 1. The van der Waals surface area contributed by atoms with E-state index in [0.29, 0.717) is 0 Å². The molecule has 1 aliphatic rings. The minimum Gasteiger partial charge on any atom is -0.461 e. The molecule has 0 saturated heterocycles. The first-order valence-corrected chi connectivity index (χ1v) is 3.88. The first-order chi connectivity index (χ1) is 4.50. The van der Waals surface area contributed by atoms with Crippen LogP contribution >= 0.6 is 12.6 Å². The fraction of sp³-hybridized carbons (Fsp3) is 0.857. The fourth-order valence-corrected chi connectivity index (χ4v) is 0.534. The van der Waals surface area contributed by atoms with Crippen LogP contribution in [0.3, 0.4) is 0 Å². The number of ether oxygens (including phenoxy) is 1. The van der Waals surface area contributed by atoms with E-state index >= 15 is 0 Å². The minimum atomic E-state index is -0.636. The third-order valence-electron chi connectivity index (χ3n) is 1.30. The second kappa shape index (κ2) is 2.46. The van der Waals surface area contributed by atoms with Crippen molar-refractivity contribution in [3.05, 3.63) is 0 Å². The van der Waals surface area contributed by atoms with Crippen LogP contribution in [0.15, 0.2) is 0 Å². The summed E-state index contributed by atoms with van der Waals surface area (Å²) in [6.07, 6.45) is 2.24. The molecule has 0 radical (unpaired) electrons. The van der Waals surface area contributed by atoms with Crippen LogP contribution in [0.25, 0.3) is 0 Å².